The summed E-state index contributed by atoms with van der Waals surface area (Å²) in [5.74, 6) is 0.916. The van der Waals surface area contributed by atoms with Crippen LogP contribution in [0.1, 0.15) is 11.5 Å². The molecule has 1 fully saturated rings. The first-order valence-corrected chi connectivity index (χ1v) is 4.17. The second-order valence-electron chi connectivity index (χ2n) is 3.10. The fourth-order valence-electron chi connectivity index (χ4n) is 1.12. The maximum atomic E-state index is 5.52. The fourth-order valence-corrected chi connectivity index (χ4v) is 1.12. The van der Waals surface area contributed by atoms with Crippen molar-refractivity contribution in [3.63, 3.8) is 0 Å². The number of aromatic amines is 1. The Bertz CT molecular complexity index is 255. The highest BCUT2D eigenvalue weighted by Crippen LogP contribution is 2.03. The van der Waals surface area contributed by atoms with E-state index in [9.17, 15) is 0 Å². The highest BCUT2D eigenvalue weighted by Gasteiger charge is 2.17. The van der Waals surface area contributed by atoms with Crippen molar-refractivity contribution in [1.29, 1.82) is 0 Å². The van der Waals surface area contributed by atoms with Crippen LogP contribution in [0, 0.1) is 6.92 Å². The lowest BCUT2D eigenvalue weighted by molar-refractivity contribution is 0.00466. The lowest BCUT2D eigenvalue weighted by Gasteiger charge is -2.26. The minimum atomic E-state index is 0.385. The van der Waals surface area contributed by atoms with Crippen LogP contribution in [0.2, 0.25) is 0 Å². The van der Waals surface area contributed by atoms with Gasteiger partial charge in [-0.2, -0.15) is 0 Å². The Balaban J connectivity index is 1.79. The number of nitrogens with one attached hydrogen (secondary N) is 2. The standard InChI is InChI=1S/C8H13N3O/c1-6-2-10-8(11-6)5-12-7-3-9-4-7/h2,7,9H,3-5H2,1H3,(H,10,11). The summed E-state index contributed by atoms with van der Waals surface area (Å²) in [5.41, 5.74) is 1.08. The number of aromatic nitrogens is 2. The van der Waals surface area contributed by atoms with E-state index in [-0.39, 0.29) is 0 Å². The summed E-state index contributed by atoms with van der Waals surface area (Å²) in [4.78, 5) is 7.27. The van der Waals surface area contributed by atoms with Gasteiger partial charge in [0.05, 0.1) is 6.10 Å². The molecule has 0 radical (unpaired) electrons. The molecule has 1 aliphatic heterocycles. The molecule has 12 heavy (non-hydrogen) atoms. The Morgan fingerprint density at radius 3 is 3.00 bits per heavy atom. The maximum Gasteiger partial charge on any atom is 0.132 e. The summed E-state index contributed by atoms with van der Waals surface area (Å²) in [6, 6.07) is 0. The van der Waals surface area contributed by atoms with E-state index < -0.39 is 0 Å². The molecule has 2 heterocycles. The van der Waals surface area contributed by atoms with E-state index in [0.29, 0.717) is 12.7 Å². The molecule has 66 valence electrons. The first-order valence-electron chi connectivity index (χ1n) is 4.17. The van der Waals surface area contributed by atoms with Crippen molar-refractivity contribution < 1.29 is 4.74 Å². The Morgan fingerprint density at radius 2 is 2.50 bits per heavy atom. The van der Waals surface area contributed by atoms with Crippen molar-refractivity contribution in [2.24, 2.45) is 0 Å². The molecule has 0 unspecified atom stereocenters. The minimum absolute atomic E-state index is 0.385. The molecule has 0 aliphatic carbocycles. The predicted molar refractivity (Wildman–Crippen MR) is 44.8 cm³/mol. The van der Waals surface area contributed by atoms with Crippen molar-refractivity contribution in [3.8, 4) is 0 Å². The van der Waals surface area contributed by atoms with E-state index in [1.165, 1.54) is 0 Å². The number of H-pyrrole nitrogens is 1. The topological polar surface area (TPSA) is 49.9 Å². The molecular weight excluding hydrogens is 154 g/mol. The zero-order valence-corrected chi connectivity index (χ0v) is 7.13. The van der Waals surface area contributed by atoms with Gasteiger partial charge in [0.25, 0.3) is 0 Å². The van der Waals surface area contributed by atoms with E-state index in [0.717, 1.165) is 24.6 Å². The molecule has 1 aromatic rings. The summed E-state index contributed by atoms with van der Waals surface area (Å²) in [6.07, 6.45) is 2.20. The molecular formula is C8H13N3O. The number of imidazole rings is 1. The van der Waals surface area contributed by atoms with Crippen LogP contribution >= 0.6 is 0 Å². The molecule has 0 spiro atoms. The Hall–Kier alpha value is -0.870. The third-order valence-corrected chi connectivity index (χ3v) is 1.96. The highest BCUT2D eigenvalue weighted by molar-refractivity contribution is 4.97. The number of ether oxygens (including phenoxy) is 1. The lowest BCUT2D eigenvalue weighted by atomic mass is 10.2. The fraction of sp³-hybridized carbons (Fsp3) is 0.625. The number of hydrogen-bond acceptors (Lipinski definition) is 3. The lowest BCUT2D eigenvalue weighted by Crippen LogP contribution is -2.48. The molecule has 1 aliphatic rings. The Morgan fingerprint density at radius 1 is 1.67 bits per heavy atom. The quantitative estimate of drug-likeness (QED) is 0.676. The van der Waals surface area contributed by atoms with Crippen LogP contribution in [-0.2, 0) is 11.3 Å². The van der Waals surface area contributed by atoms with Crippen LogP contribution in [0.3, 0.4) is 0 Å². The second kappa shape index (κ2) is 3.25. The monoisotopic (exact) mass is 167 g/mol. The molecule has 0 saturated carbocycles. The summed E-state index contributed by atoms with van der Waals surface area (Å²) < 4.78 is 5.52. The third-order valence-electron chi connectivity index (χ3n) is 1.96. The van der Waals surface area contributed by atoms with Crippen molar-refractivity contribution in [1.82, 2.24) is 15.3 Å². The Labute approximate surface area is 71.3 Å². The van der Waals surface area contributed by atoms with E-state index >= 15 is 0 Å². The van der Waals surface area contributed by atoms with Gasteiger partial charge >= 0.3 is 0 Å². The van der Waals surface area contributed by atoms with Crippen LogP contribution in [0.5, 0.6) is 0 Å². The van der Waals surface area contributed by atoms with E-state index in [1.807, 2.05) is 13.1 Å². The zero-order valence-electron chi connectivity index (χ0n) is 7.13. The van der Waals surface area contributed by atoms with Crippen molar-refractivity contribution in [2.75, 3.05) is 13.1 Å². The predicted octanol–water partition coefficient (Wildman–Crippen LogP) is 0.207. The molecule has 1 saturated heterocycles. The average molecular weight is 167 g/mol. The smallest absolute Gasteiger partial charge is 0.132 e. The van der Waals surface area contributed by atoms with E-state index in [1.54, 1.807) is 0 Å². The van der Waals surface area contributed by atoms with Crippen molar-refractivity contribution >= 4 is 0 Å². The molecule has 4 heteroatoms. The molecule has 0 atom stereocenters. The van der Waals surface area contributed by atoms with Crippen LogP contribution < -0.4 is 5.32 Å². The minimum Gasteiger partial charge on any atom is -0.368 e. The average Bonchev–Trinajstić information content (AvgIpc) is 2.32. The number of rotatable bonds is 3. The SMILES string of the molecule is Cc1cnc(COC2CNC2)[nH]1. The summed E-state index contributed by atoms with van der Waals surface area (Å²) in [7, 11) is 0. The van der Waals surface area contributed by atoms with Gasteiger partial charge in [-0.05, 0) is 6.92 Å². The molecule has 1 aromatic heterocycles. The van der Waals surface area contributed by atoms with Crippen LogP contribution in [0.4, 0.5) is 0 Å². The molecule has 0 amide bonds. The molecule has 2 rings (SSSR count). The number of aryl methyl sites for hydroxylation is 1. The number of hydrogen-bond donors (Lipinski definition) is 2. The van der Waals surface area contributed by atoms with Gasteiger partial charge in [-0.25, -0.2) is 4.98 Å². The number of nitrogens with zero attached hydrogens (tertiary/aromatic N) is 1. The molecule has 2 N–H and O–H groups in total. The molecule has 0 aromatic carbocycles. The highest BCUT2D eigenvalue weighted by atomic mass is 16.5. The first-order chi connectivity index (χ1) is 5.84. The van der Waals surface area contributed by atoms with Gasteiger partial charge < -0.3 is 15.0 Å². The van der Waals surface area contributed by atoms with Gasteiger partial charge in [0.2, 0.25) is 0 Å². The van der Waals surface area contributed by atoms with Gasteiger partial charge in [-0.3, -0.25) is 0 Å². The van der Waals surface area contributed by atoms with E-state index in [2.05, 4.69) is 15.3 Å². The van der Waals surface area contributed by atoms with E-state index in [4.69, 9.17) is 4.74 Å². The van der Waals surface area contributed by atoms with Crippen LogP contribution in [0.15, 0.2) is 6.20 Å². The largest absolute Gasteiger partial charge is 0.368 e. The van der Waals surface area contributed by atoms with Crippen molar-refractivity contribution in [3.05, 3.63) is 17.7 Å². The molecule has 0 bridgehead atoms. The van der Waals surface area contributed by atoms with Crippen molar-refractivity contribution in [2.45, 2.75) is 19.6 Å². The summed E-state index contributed by atoms with van der Waals surface area (Å²) in [5, 5.41) is 3.15. The second-order valence-corrected chi connectivity index (χ2v) is 3.10. The normalized spacial score (nSPS) is 17.8. The van der Waals surface area contributed by atoms with Gasteiger partial charge in [-0.15, -0.1) is 0 Å². The molecule has 4 nitrogen and oxygen atoms in total. The third kappa shape index (κ3) is 1.65. The maximum absolute atomic E-state index is 5.52. The summed E-state index contributed by atoms with van der Waals surface area (Å²) in [6.45, 7) is 4.53. The van der Waals surface area contributed by atoms with Gasteiger partial charge in [0.15, 0.2) is 0 Å². The van der Waals surface area contributed by atoms with Gasteiger partial charge in [0, 0.05) is 25.0 Å². The van der Waals surface area contributed by atoms with Gasteiger partial charge in [-0.1, -0.05) is 0 Å². The van der Waals surface area contributed by atoms with Gasteiger partial charge in [0.1, 0.15) is 12.4 Å². The first kappa shape index (κ1) is 7.76. The Kier molecular flexibility index (Phi) is 2.10. The zero-order chi connectivity index (χ0) is 8.39. The van der Waals surface area contributed by atoms with Crippen LogP contribution in [0.25, 0.3) is 0 Å². The van der Waals surface area contributed by atoms with Crippen LogP contribution in [-0.4, -0.2) is 29.2 Å². The summed E-state index contributed by atoms with van der Waals surface area (Å²) >= 11 is 0.